The van der Waals surface area contributed by atoms with Crippen molar-refractivity contribution in [1.29, 1.82) is 0 Å². The highest BCUT2D eigenvalue weighted by Crippen LogP contribution is 2.33. The van der Waals surface area contributed by atoms with E-state index in [4.69, 9.17) is 14.8 Å². The Kier molecular flexibility index (Phi) is 7.70. The summed E-state index contributed by atoms with van der Waals surface area (Å²) in [5.74, 6) is 0.920. The number of ether oxygens (including phenoxy) is 1. The second-order valence-electron chi connectivity index (χ2n) is 11.0. The van der Waals surface area contributed by atoms with Crippen molar-refractivity contribution in [3.63, 3.8) is 0 Å². The predicted octanol–water partition coefficient (Wildman–Crippen LogP) is 2.60. The quantitative estimate of drug-likeness (QED) is 0.324. The van der Waals surface area contributed by atoms with Crippen molar-refractivity contribution in [3.8, 4) is 23.1 Å². The summed E-state index contributed by atoms with van der Waals surface area (Å²) in [6.45, 7) is 13.1. The van der Waals surface area contributed by atoms with Crippen LogP contribution < -0.4 is 10.3 Å². The number of nitrogens with zero attached hydrogens (tertiary/aromatic N) is 8. The van der Waals surface area contributed by atoms with E-state index in [0.717, 1.165) is 6.54 Å². The maximum Gasteiger partial charge on any atom is 0.280 e. The molecule has 13 heteroatoms. The Labute approximate surface area is 239 Å². The molecule has 4 aromatic heterocycles. The molecule has 0 amide bonds. The van der Waals surface area contributed by atoms with E-state index in [2.05, 4.69) is 21.8 Å². The molecule has 0 N–H and O–H groups in total. The minimum Gasteiger partial charge on any atom is -0.477 e. The molecule has 1 fully saturated rings. The van der Waals surface area contributed by atoms with Crippen LogP contribution in [0, 0.1) is 0 Å². The lowest BCUT2D eigenvalue weighted by Crippen LogP contribution is -2.48. The number of aromatic nitrogens is 6. The number of pyridine rings is 2. The van der Waals surface area contributed by atoms with Gasteiger partial charge in [0.2, 0.25) is 15.9 Å². The summed E-state index contributed by atoms with van der Waals surface area (Å²) in [4.78, 5) is 29.9. The van der Waals surface area contributed by atoms with Gasteiger partial charge in [0.25, 0.3) is 5.56 Å². The van der Waals surface area contributed by atoms with Crippen LogP contribution in [-0.4, -0.2) is 86.3 Å². The number of hydrogen-bond donors (Lipinski definition) is 0. The van der Waals surface area contributed by atoms with Gasteiger partial charge < -0.3 is 9.64 Å². The third-order valence-electron chi connectivity index (χ3n) is 7.24. The molecule has 0 atom stereocenters. The van der Waals surface area contributed by atoms with Crippen molar-refractivity contribution in [2.75, 3.05) is 39.3 Å². The van der Waals surface area contributed by atoms with E-state index >= 15 is 0 Å². The van der Waals surface area contributed by atoms with E-state index in [0.29, 0.717) is 55.4 Å². The normalized spacial score (nSPS) is 15.5. The highest BCUT2D eigenvalue weighted by atomic mass is 32.2. The first kappa shape index (κ1) is 28.8. The van der Waals surface area contributed by atoms with Gasteiger partial charge in [-0.25, -0.2) is 28.1 Å². The lowest BCUT2D eigenvalue weighted by atomic mass is 9.91. The molecule has 1 aliphatic heterocycles. The van der Waals surface area contributed by atoms with Gasteiger partial charge in [-0.05, 0) is 31.7 Å². The van der Waals surface area contributed by atoms with Crippen LogP contribution in [0.15, 0.2) is 46.3 Å². The summed E-state index contributed by atoms with van der Waals surface area (Å²) in [5.41, 5.74) is 0.801. The summed E-state index contributed by atoms with van der Waals surface area (Å²) in [6, 6.07) is 6.90. The molecule has 218 valence electrons. The Balaban J connectivity index is 1.72. The Bertz CT molecular complexity index is 1730. The fraction of sp³-hybridized carbons (Fsp3) is 0.464. The first-order valence-corrected chi connectivity index (χ1v) is 15.2. The average Bonchev–Trinajstić information content (AvgIpc) is 3.36. The number of piperazine rings is 1. The van der Waals surface area contributed by atoms with E-state index in [1.807, 2.05) is 33.8 Å². The lowest BCUT2D eigenvalue weighted by molar-refractivity contribution is 0.196. The van der Waals surface area contributed by atoms with Crippen LogP contribution in [0.5, 0.6) is 5.88 Å². The molecule has 12 nitrogen and oxygen atoms in total. The molecular weight excluding hydrogens is 544 g/mol. The molecule has 0 bridgehead atoms. The highest BCUT2D eigenvalue weighted by molar-refractivity contribution is 7.89. The fourth-order valence-corrected chi connectivity index (χ4v) is 6.35. The molecule has 0 radical (unpaired) electrons. The molecule has 0 unspecified atom stereocenters. The molecule has 0 aliphatic carbocycles. The van der Waals surface area contributed by atoms with Gasteiger partial charge in [0.15, 0.2) is 11.3 Å². The van der Waals surface area contributed by atoms with Gasteiger partial charge in [0, 0.05) is 44.8 Å². The molecule has 1 saturated heterocycles. The van der Waals surface area contributed by atoms with Crippen LogP contribution in [0.4, 0.5) is 0 Å². The monoisotopic (exact) mass is 580 g/mol. The Hall–Kier alpha value is -3.68. The second kappa shape index (κ2) is 11.0. The minimum absolute atomic E-state index is 0.0236. The lowest BCUT2D eigenvalue weighted by Gasteiger charge is -2.33. The van der Waals surface area contributed by atoms with Crippen LogP contribution >= 0.6 is 0 Å². The summed E-state index contributed by atoms with van der Waals surface area (Å²) in [6.07, 6.45) is 2.95. The van der Waals surface area contributed by atoms with E-state index in [9.17, 15) is 13.2 Å². The Morgan fingerprint density at radius 1 is 1.05 bits per heavy atom. The van der Waals surface area contributed by atoms with Crippen LogP contribution in [0.2, 0.25) is 0 Å². The Morgan fingerprint density at radius 2 is 1.78 bits per heavy atom. The SMILES string of the molecule is CCOc1ncc(S(=O)(=O)N2CCN(CC)CC2)cc1-c1nc2c(C(C)(C)C)nn(-c3ccccn3)c2c(=O)n1C. The first-order valence-electron chi connectivity index (χ1n) is 13.7. The molecule has 5 rings (SSSR count). The predicted molar refractivity (Wildman–Crippen MR) is 156 cm³/mol. The summed E-state index contributed by atoms with van der Waals surface area (Å²) in [5, 5.41) is 4.78. The molecule has 4 aromatic rings. The third-order valence-corrected chi connectivity index (χ3v) is 9.11. The van der Waals surface area contributed by atoms with Crippen LogP contribution in [0.3, 0.4) is 0 Å². The van der Waals surface area contributed by atoms with E-state index in [1.54, 1.807) is 25.4 Å². The second-order valence-corrected chi connectivity index (χ2v) is 12.9. The number of hydrogen-bond acceptors (Lipinski definition) is 9. The molecular formula is C28H36N8O4S. The van der Waals surface area contributed by atoms with Crippen molar-refractivity contribution >= 4 is 21.1 Å². The van der Waals surface area contributed by atoms with Crippen molar-refractivity contribution in [2.24, 2.45) is 7.05 Å². The maximum atomic E-state index is 14.0. The number of rotatable bonds is 7. The maximum absolute atomic E-state index is 14.0. The van der Waals surface area contributed by atoms with Crippen LogP contribution in [-0.2, 0) is 22.5 Å². The summed E-state index contributed by atoms with van der Waals surface area (Å²) in [7, 11) is -2.24. The number of sulfonamides is 1. The standard InChI is InChI=1S/C28H36N8O4S/c1-7-34-13-15-35(16-14-34)41(38,39)19-17-20(26(30-18-19)40-8-2)25-31-22-23(27(37)33(25)6)36(21-11-9-10-12-29-21)32-24(22)28(3,4)5/h9-12,17-18H,7-8,13-16H2,1-6H3. The average molecular weight is 581 g/mol. The summed E-state index contributed by atoms with van der Waals surface area (Å²) >= 11 is 0. The van der Waals surface area contributed by atoms with Gasteiger partial charge >= 0.3 is 0 Å². The van der Waals surface area contributed by atoms with Crippen LogP contribution in [0.1, 0.15) is 40.3 Å². The molecule has 41 heavy (non-hydrogen) atoms. The molecule has 0 aromatic carbocycles. The molecule has 1 aliphatic rings. The smallest absolute Gasteiger partial charge is 0.280 e. The van der Waals surface area contributed by atoms with E-state index < -0.39 is 15.4 Å². The van der Waals surface area contributed by atoms with Gasteiger partial charge in [0.05, 0.1) is 24.1 Å². The van der Waals surface area contributed by atoms with Gasteiger partial charge in [-0.3, -0.25) is 9.36 Å². The van der Waals surface area contributed by atoms with Gasteiger partial charge in [-0.15, -0.1) is 0 Å². The topological polar surface area (TPSA) is 128 Å². The fourth-order valence-electron chi connectivity index (χ4n) is 4.96. The minimum atomic E-state index is -3.84. The zero-order valence-electron chi connectivity index (χ0n) is 24.3. The van der Waals surface area contributed by atoms with Crippen molar-refractivity contribution in [3.05, 3.63) is 52.7 Å². The van der Waals surface area contributed by atoms with Gasteiger partial charge in [-0.1, -0.05) is 33.8 Å². The highest BCUT2D eigenvalue weighted by Gasteiger charge is 2.32. The summed E-state index contributed by atoms with van der Waals surface area (Å²) < 4.78 is 37.5. The van der Waals surface area contributed by atoms with Crippen molar-refractivity contribution in [1.82, 2.24) is 38.5 Å². The molecule has 0 saturated carbocycles. The van der Waals surface area contributed by atoms with Crippen molar-refractivity contribution in [2.45, 2.75) is 44.9 Å². The van der Waals surface area contributed by atoms with Gasteiger partial charge in [-0.2, -0.15) is 9.40 Å². The largest absolute Gasteiger partial charge is 0.477 e. The van der Waals surface area contributed by atoms with Crippen LogP contribution in [0.25, 0.3) is 28.2 Å². The van der Waals surface area contributed by atoms with E-state index in [-0.39, 0.29) is 27.7 Å². The first-order chi connectivity index (χ1) is 19.5. The zero-order valence-corrected chi connectivity index (χ0v) is 25.1. The molecule has 5 heterocycles. The third kappa shape index (κ3) is 5.24. The van der Waals surface area contributed by atoms with E-state index in [1.165, 1.54) is 25.8 Å². The number of fused-ring (bicyclic) bond motifs is 1. The Morgan fingerprint density at radius 3 is 2.39 bits per heavy atom. The van der Waals surface area contributed by atoms with Gasteiger partial charge in [0.1, 0.15) is 16.2 Å². The van der Waals surface area contributed by atoms with Crippen molar-refractivity contribution < 1.29 is 13.2 Å². The molecule has 0 spiro atoms. The zero-order chi connectivity index (χ0) is 29.5. The number of likely N-dealkylation sites (N-methyl/N-ethyl adjacent to an activating group) is 1.